The van der Waals surface area contributed by atoms with Crippen molar-refractivity contribution >= 4 is 23.2 Å². The zero-order valence-electron chi connectivity index (χ0n) is 8.92. The molecule has 0 radical (unpaired) electrons. The fraction of sp³-hybridized carbons (Fsp3) is 0.500. The lowest BCUT2D eigenvalue weighted by Gasteiger charge is -2.11. The molecule has 1 atom stereocenters. The van der Waals surface area contributed by atoms with Gasteiger partial charge in [0.25, 0.3) is 0 Å². The maximum atomic E-state index is 9.66. The van der Waals surface area contributed by atoms with Gasteiger partial charge < -0.3 is 10.4 Å². The van der Waals surface area contributed by atoms with Gasteiger partial charge >= 0.3 is 0 Å². The first-order chi connectivity index (χ1) is 7.66. The Morgan fingerprint density at radius 1 is 1.38 bits per heavy atom. The minimum Gasteiger partial charge on any atom is -0.392 e. The van der Waals surface area contributed by atoms with Crippen LogP contribution in [-0.2, 0) is 6.54 Å². The predicted molar refractivity (Wildman–Crippen MR) is 66.9 cm³/mol. The molecule has 1 saturated carbocycles. The SMILES string of the molecule is OC(CNCc1ccc(Cl)cc1Cl)C1CC1. The number of hydrogen-bond acceptors (Lipinski definition) is 2. The van der Waals surface area contributed by atoms with Crippen LogP contribution in [0.15, 0.2) is 18.2 Å². The maximum Gasteiger partial charge on any atom is 0.0692 e. The summed E-state index contributed by atoms with van der Waals surface area (Å²) in [5, 5.41) is 14.2. The molecule has 0 heterocycles. The Kier molecular flexibility index (Phi) is 4.09. The quantitative estimate of drug-likeness (QED) is 0.853. The number of benzene rings is 1. The molecule has 16 heavy (non-hydrogen) atoms. The third-order valence-electron chi connectivity index (χ3n) is 2.85. The van der Waals surface area contributed by atoms with Crippen LogP contribution in [0, 0.1) is 5.92 Å². The summed E-state index contributed by atoms with van der Waals surface area (Å²) in [5.74, 6) is 0.508. The van der Waals surface area contributed by atoms with Crippen LogP contribution >= 0.6 is 23.2 Å². The molecule has 88 valence electrons. The summed E-state index contributed by atoms with van der Waals surface area (Å²) in [5.41, 5.74) is 1.01. The second-order valence-corrected chi connectivity index (χ2v) is 5.12. The molecular weight excluding hydrogens is 245 g/mol. The molecule has 1 fully saturated rings. The highest BCUT2D eigenvalue weighted by atomic mass is 35.5. The lowest BCUT2D eigenvalue weighted by molar-refractivity contribution is 0.148. The summed E-state index contributed by atoms with van der Waals surface area (Å²) in [4.78, 5) is 0. The predicted octanol–water partition coefficient (Wildman–Crippen LogP) is 2.85. The van der Waals surface area contributed by atoms with E-state index in [0.717, 1.165) is 18.4 Å². The van der Waals surface area contributed by atoms with E-state index >= 15 is 0 Å². The van der Waals surface area contributed by atoms with Gasteiger partial charge in [-0.2, -0.15) is 0 Å². The van der Waals surface area contributed by atoms with E-state index < -0.39 is 0 Å². The van der Waals surface area contributed by atoms with Gasteiger partial charge in [-0.3, -0.25) is 0 Å². The summed E-state index contributed by atoms with van der Waals surface area (Å²) in [6, 6.07) is 5.46. The first kappa shape index (κ1) is 12.2. The largest absolute Gasteiger partial charge is 0.392 e. The van der Waals surface area contributed by atoms with Crippen LogP contribution in [0.5, 0.6) is 0 Å². The Hall–Kier alpha value is -0.280. The Labute approximate surface area is 106 Å². The van der Waals surface area contributed by atoms with Gasteiger partial charge in [0.05, 0.1) is 6.10 Å². The van der Waals surface area contributed by atoms with Crippen LogP contribution in [0.4, 0.5) is 0 Å². The van der Waals surface area contributed by atoms with Crippen LogP contribution in [0.3, 0.4) is 0 Å². The second-order valence-electron chi connectivity index (χ2n) is 4.27. The highest BCUT2D eigenvalue weighted by Gasteiger charge is 2.29. The number of aliphatic hydroxyl groups excluding tert-OH is 1. The highest BCUT2D eigenvalue weighted by Crippen LogP contribution is 2.32. The molecule has 1 aromatic carbocycles. The summed E-state index contributed by atoms with van der Waals surface area (Å²) in [6.45, 7) is 1.30. The van der Waals surface area contributed by atoms with Crippen molar-refractivity contribution in [1.29, 1.82) is 0 Å². The van der Waals surface area contributed by atoms with Gasteiger partial charge in [-0.15, -0.1) is 0 Å². The standard InChI is InChI=1S/C12H15Cl2NO/c13-10-4-3-9(11(14)5-10)6-15-7-12(16)8-1-2-8/h3-5,8,12,15-16H,1-2,6-7H2. The Bertz CT molecular complexity index is 366. The van der Waals surface area contributed by atoms with Gasteiger partial charge in [-0.1, -0.05) is 29.3 Å². The van der Waals surface area contributed by atoms with Crippen LogP contribution in [0.1, 0.15) is 18.4 Å². The van der Waals surface area contributed by atoms with E-state index in [1.165, 1.54) is 0 Å². The van der Waals surface area contributed by atoms with Crippen LogP contribution in [0.2, 0.25) is 10.0 Å². The maximum absolute atomic E-state index is 9.66. The molecule has 2 N–H and O–H groups in total. The number of nitrogens with one attached hydrogen (secondary N) is 1. The van der Waals surface area contributed by atoms with Gasteiger partial charge in [0.2, 0.25) is 0 Å². The first-order valence-electron chi connectivity index (χ1n) is 5.49. The molecule has 0 spiro atoms. The van der Waals surface area contributed by atoms with E-state index in [2.05, 4.69) is 5.32 Å². The number of hydrogen-bond donors (Lipinski definition) is 2. The van der Waals surface area contributed by atoms with Gasteiger partial charge in [0.1, 0.15) is 0 Å². The molecule has 1 aliphatic carbocycles. The fourth-order valence-corrected chi connectivity index (χ4v) is 2.14. The van der Waals surface area contributed by atoms with Crippen LogP contribution in [-0.4, -0.2) is 17.8 Å². The second kappa shape index (κ2) is 5.37. The average Bonchev–Trinajstić information content (AvgIpc) is 3.04. The molecule has 4 heteroatoms. The number of aliphatic hydroxyl groups is 1. The molecule has 2 nitrogen and oxygen atoms in total. The molecular formula is C12H15Cl2NO. The molecule has 0 aromatic heterocycles. The monoisotopic (exact) mass is 259 g/mol. The topological polar surface area (TPSA) is 32.3 Å². The van der Waals surface area contributed by atoms with Crippen LogP contribution < -0.4 is 5.32 Å². The normalized spacial score (nSPS) is 17.4. The third-order valence-corrected chi connectivity index (χ3v) is 3.44. The highest BCUT2D eigenvalue weighted by molar-refractivity contribution is 6.35. The van der Waals surface area contributed by atoms with E-state index in [1.807, 2.05) is 12.1 Å². The summed E-state index contributed by atoms with van der Waals surface area (Å²) in [7, 11) is 0. The van der Waals surface area contributed by atoms with Crippen molar-refractivity contribution in [2.24, 2.45) is 5.92 Å². The van der Waals surface area contributed by atoms with Crippen molar-refractivity contribution in [2.45, 2.75) is 25.5 Å². The molecule has 1 unspecified atom stereocenters. The minimum absolute atomic E-state index is 0.217. The first-order valence-corrected chi connectivity index (χ1v) is 6.25. The molecule has 2 rings (SSSR count). The van der Waals surface area contributed by atoms with Crippen molar-refractivity contribution < 1.29 is 5.11 Å². The molecule has 1 aromatic rings. The molecule has 0 aliphatic heterocycles. The van der Waals surface area contributed by atoms with Gasteiger partial charge in [0.15, 0.2) is 0 Å². The number of rotatable bonds is 5. The molecule has 0 saturated heterocycles. The van der Waals surface area contributed by atoms with E-state index in [9.17, 15) is 5.11 Å². The van der Waals surface area contributed by atoms with Crippen molar-refractivity contribution in [2.75, 3.05) is 6.54 Å². The fourth-order valence-electron chi connectivity index (χ4n) is 1.67. The Morgan fingerprint density at radius 2 is 2.12 bits per heavy atom. The van der Waals surface area contributed by atoms with Crippen molar-refractivity contribution in [3.05, 3.63) is 33.8 Å². The summed E-state index contributed by atoms with van der Waals surface area (Å²) in [6.07, 6.45) is 2.10. The van der Waals surface area contributed by atoms with E-state index in [-0.39, 0.29) is 6.10 Å². The zero-order valence-corrected chi connectivity index (χ0v) is 10.4. The lowest BCUT2D eigenvalue weighted by Crippen LogP contribution is -2.27. The minimum atomic E-state index is -0.217. The van der Waals surface area contributed by atoms with Gasteiger partial charge in [-0.25, -0.2) is 0 Å². The van der Waals surface area contributed by atoms with Gasteiger partial charge in [0, 0.05) is 23.1 Å². The number of halogens is 2. The molecule has 0 bridgehead atoms. The van der Waals surface area contributed by atoms with Crippen molar-refractivity contribution in [1.82, 2.24) is 5.32 Å². The van der Waals surface area contributed by atoms with Crippen molar-refractivity contribution in [3.8, 4) is 0 Å². The molecule has 0 amide bonds. The zero-order chi connectivity index (χ0) is 11.5. The molecule has 1 aliphatic rings. The smallest absolute Gasteiger partial charge is 0.0692 e. The summed E-state index contributed by atoms with van der Waals surface area (Å²) >= 11 is 11.8. The Balaban J connectivity index is 1.80. The lowest BCUT2D eigenvalue weighted by atomic mass is 10.2. The van der Waals surface area contributed by atoms with E-state index in [0.29, 0.717) is 29.1 Å². The van der Waals surface area contributed by atoms with E-state index in [4.69, 9.17) is 23.2 Å². The Morgan fingerprint density at radius 3 is 2.75 bits per heavy atom. The van der Waals surface area contributed by atoms with Crippen molar-refractivity contribution in [3.63, 3.8) is 0 Å². The van der Waals surface area contributed by atoms with Crippen LogP contribution in [0.25, 0.3) is 0 Å². The third kappa shape index (κ3) is 3.36. The van der Waals surface area contributed by atoms with Gasteiger partial charge in [-0.05, 0) is 36.5 Å². The average molecular weight is 260 g/mol. The van der Waals surface area contributed by atoms with E-state index in [1.54, 1.807) is 6.07 Å². The summed E-state index contributed by atoms with van der Waals surface area (Å²) < 4.78 is 0.